The Morgan fingerprint density at radius 2 is 2.04 bits per heavy atom. The molecule has 2 N–H and O–H groups in total. The number of sulfonamides is 1. The maximum absolute atomic E-state index is 12.4. The minimum Gasteiger partial charge on any atom is -0.506 e. The highest BCUT2D eigenvalue weighted by molar-refractivity contribution is 7.91. The molecule has 27 heavy (non-hydrogen) atoms. The summed E-state index contributed by atoms with van der Waals surface area (Å²) in [6.07, 6.45) is 0. The molecule has 10 nitrogen and oxygen atoms in total. The topological polar surface area (TPSA) is 143 Å². The monoisotopic (exact) mass is 430 g/mol. The summed E-state index contributed by atoms with van der Waals surface area (Å²) in [5, 5.41) is 19.8. The average Bonchev–Trinajstić information content (AvgIpc) is 3.03. The number of anilines is 1. The molecule has 0 aliphatic heterocycles. The Balaban J connectivity index is 1.97. The number of hydrogen-bond acceptors (Lipinski definition) is 9. The van der Waals surface area contributed by atoms with Crippen molar-refractivity contribution in [2.45, 2.75) is 4.34 Å². The molecule has 0 spiro atoms. The Morgan fingerprint density at radius 3 is 2.70 bits per heavy atom. The van der Waals surface area contributed by atoms with Gasteiger partial charge in [0.25, 0.3) is 15.9 Å². The molecule has 0 atom stereocenters. The van der Waals surface area contributed by atoms with Gasteiger partial charge in [0.05, 0.1) is 5.39 Å². The summed E-state index contributed by atoms with van der Waals surface area (Å²) in [5.74, 6) is -1.62. The predicted molar refractivity (Wildman–Crippen MR) is 97.9 cm³/mol. The van der Waals surface area contributed by atoms with Gasteiger partial charge in [0.2, 0.25) is 9.47 Å². The van der Waals surface area contributed by atoms with Gasteiger partial charge in [-0.1, -0.05) is 22.9 Å². The lowest BCUT2D eigenvalue weighted by Gasteiger charge is -2.06. The number of nitrogens with zero attached hydrogens (tertiary/aromatic N) is 3. The van der Waals surface area contributed by atoms with Gasteiger partial charge in [-0.3, -0.25) is 10.1 Å². The van der Waals surface area contributed by atoms with Crippen LogP contribution in [0.4, 0.5) is 5.13 Å². The summed E-state index contributed by atoms with van der Waals surface area (Å²) in [7, 11) is -1.18. The van der Waals surface area contributed by atoms with E-state index in [1.165, 1.54) is 32.3 Å². The molecular formula is C14H11ClN4O6S2. The Morgan fingerprint density at radius 1 is 1.33 bits per heavy atom. The van der Waals surface area contributed by atoms with E-state index < -0.39 is 32.9 Å². The van der Waals surface area contributed by atoms with Crippen LogP contribution >= 0.6 is 22.9 Å². The van der Waals surface area contributed by atoms with Crippen LogP contribution in [0.15, 0.2) is 31.8 Å². The largest absolute Gasteiger partial charge is 0.506 e. The quantitative estimate of drug-likeness (QED) is 0.468. The zero-order chi connectivity index (χ0) is 19.9. The molecule has 0 aliphatic carbocycles. The van der Waals surface area contributed by atoms with Crippen LogP contribution in [-0.4, -0.2) is 48.0 Å². The Hall–Kier alpha value is -2.54. The second-order valence-corrected chi connectivity index (χ2v) is 9.11. The molecule has 0 fully saturated rings. The maximum atomic E-state index is 12.4. The number of aromatic nitrogens is 2. The standard InChI is InChI=1S/C14H11ClN4O6S2/c1-19(2)27(23,24)14-18-17-13(26-14)16-11(21)9-10(20)7-4-3-6(15)5-8(7)25-12(9)22/h3-5,20H,1-2H3,(H,16,17,21). The van der Waals surface area contributed by atoms with Gasteiger partial charge in [0.15, 0.2) is 5.56 Å². The third kappa shape index (κ3) is 3.51. The second-order valence-electron chi connectivity index (χ2n) is 5.37. The molecule has 13 heteroatoms. The van der Waals surface area contributed by atoms with Crippen LogP contribution < -0.4 is 10.9 Å². The zero-order valence-corrected chi connectivity index (χ0v) is 16.1. The van der Waals surface area contributed by atoms with Crippen molar-refractivity contribution in [1.29, 1.82) is 0 Å². The summed E-state index contributed by atoms with van der Waals surface area (Å²) in [6, 6.07) is 4.16. The number of rotatable bonds is 4. The minimum atomic E-state index is -3.82. The van der Waals surface area contributed by atoms with E-state index in [4.69, 9.17) is 16.0 Å². The number of hydrogen-bond donors (Lipinski definition) is 2. The first-order valence-corrected chi connectivity index (χ1v) is 9.77. The van der Waals surface area contributed by atoms with Gasteiger partial charge >= 0.3 is 5.63 Å². The van der Waals surface area contributed by atoms with Gasteiger partial charge in [-0.25, -0.2) is 17.5 Å². The first-order valence-electron chi connectivity index (χ1n) is 7.14. The number of halogens is 1. The molecule has 2 aromatic heterocycles. The lowest BCUT2D eigenvalue weighted by molar-refractivity contribution is 0.102. The molecule has 0 aliphatic rings. The fourth-order valence-corrected chi connectivity index (χ4v) is 4.24. The fourth-order valence-electron chi connectivity index (χ4n) is 2.04. The summed E-state index contributed by atoms with van der Waals surface area (Å²) in [6.45, 7) is 0. The van der Waals surface area contributed by atoms with Gasteiger partial charge in [-0.15, -0.1) is 10.2 Å². The third-order valence-corrected chi connectivity index (χ3v) is 6.63. The minimum absolute atomic E-state index is 0.0110. The van der Waals surface area contributed by atoms with Crippen molar-refractivity contribution in [1.82, 2.24) is 14.5 Å². The number of carbonyl (C=O) groups excluding carboxylic acids is 1. The van der Waals surface area contributed by atoms with E-state index in [0.29, 0.717) is 11.3 Å². The molecule has 0 unspecified atom stereocenters. The fraction of sp³-hybridized carbons (Fsp3) is 0.143. The van der Waals surface area contributed by atoms with Crippen LogP contribution in [-0.2, 0) is 10.0 Å². The Kier molecular flexibility index (Phi) is 4.90. The molecule has 0 radical (unpaired) electrons. The van der Waals surface area contributed by atoms with E-state index >= 15 is 0 Å². The van der Waals surface area contributed by atoms with Crippen LogP contribution in [0.2, 0.25) is 5.02 Å². The lowest BCUT2D eigenvalue weighted by atomic mass is 10.1. The molecule has 1 amide bonds. The molecule has 142 valence electrons. The number of aromatic hydroxyl groups is 1. The van der Waals surface area contributed by atoms with E-state index in [9.17, 15) is 23.1 Å². The molecule has 0 saturated heterocycles. The van der Waals surface area contributed by atoms with Gasteiger partial charge < -0.3 is 9.52 Å². The first kappa shape index (κ1) is 19.2. The number of nitrogens with one attached hydrogen (secondary N) is 1. The third-order valence-electron chi connectivity index (χ3n) is 3.40. The highest BCUT2D eigenvalue weighted by Gasteiger charge is 2.26. The van der Waals surface area contributed by atoms with E-state index in [1.54, 1.807) is 0 Å². The van der Waals surface area contributed by atoms with Crippen LogP contribution in [0, 0.1) is 0 Å². The molecule has 0 bridgehead atoms. The van der Waals surface area contributed by atoms with Gasteiger partial charge in [0, 0.05) is 25.2 Å². The van der Waals surface area contributed by atoms with Gasteiger partial charge in [0.1, 0.15) is 11.3 Å². The smallest absolute Gasteiger partial charge is 0.353 e. The van der Waals surface area contributed by atoms with Crippen molar-refractivity contribution in [3.63, 3.8) is 0 Å². The number of benzene rings is 1. The van der Waals surface area contributed by atoms with Crippen molar-refractivity contribution in [3.8, 4) is 5.75 Å². The van der Waals surface area contributed by atoms with Crippen LogP contribution in [0.25, 0.3) is 11.0 Å². The summed E-state index contributed by atoms with van der Waals surface area (Å²) in [4.78, 5) is 24.5. The van der Waals surface area contributed by atoms with Gasteiger partial charge in [-0.05, 0) is 12.1 Å². The highest BCUT2D eigenvalue weighted by Crippen LogP contribution is 2.29. The number of amides is 1. The Bertz CT molecular complexity index is 1220. The molecule has 2 heterocycles. The number of fused-ring (bicyclic) bond motifs is 1. The molecule has 1 aromatic carbocycles. The SMILES string of the molecule is CN(C)S(=O)(=O)c1nnc(NC(=O)c2c(O)c3ccc(Cl)cc3oc2=O)s1. The Labute approximate surface area is 161 Å². The number of carbonyl (C=O) groups is 1. The van der Waals surface area contributed by atoms with Gasteiger partial charge in [-0.2, -0.15) is 0 Å². The highest BCUT2D eigenvalue weighted by atomic mass is 35.5. The van der Waals surface area contributed by atoms with Crippen LogP contribution in [0.5, 0.6) is 5.75 Å². The molecular weight excluding hydrogens is 420 g/mol. The summed E-state index contributed by atoms with van der Waals surface area (Å²) in [5.41, 5.74) is -1.74. The predicted octanol–water partition coefficient (Wildman–Crippen LogP) is 1.51. The second kappa shape index (κ2) is 6.88. The van der Waals surface area contributed by atoms with E-state index in [2.05, 4.69) is 15.5 Å². The van der Waals surface area contributed by atoms with Crippen molar-refractivity contribution >= 4 is 55.0 Å². The van der Waals surface area contributed by atoms with E-state index in [1.807, 2.05) is 0 Å². The normalized spacial score (nSPS) is 11.9. The van der Waals surface area contributed by atoms with E-state index in [0.717, 1.165) is 4.31 Å². The lowest BCUT2D eigenvalue weighted by Crippen LogP contribution is -2.22. The van der Waals surface area contributed by atoms with Crippen LogP contribution in [0.3, 0.4) is 0 Å². The summed E-state index contributed by atoms with van der Waals surface area (Å²) < 4.78 is 29.6. The maximum Gasteiger partial charge on any atom is 0.353 e. The van der Waals surface area contributed by atoms with Crippen molar-refractivity contribution in [2.24, 2.45) is 0 Å². The van der Waals surface area contributed by atoms with E-state index in [-0.39, 0.29) is 25.5 Å². The van der Waals surface area contributed by atoms with Crippen molar-refractivity contribution in [2.75, 3.05) is 19.4 Å². The molecule has 0 saturated carbocycles. The molecule has 3 aromatic rings. The average molecular weight is 431 g/mol. The molecule has 3 rings (SSSR count). The van der Waals surface area contributed by atoms with Crippen molar-refractivity contribution < 1.29 is 22.7 Å². The van der Waals surface area contributed by atoms with Crippen LogP contribution in [0.1, 0.15) is 10.4 Å². The first-order chi connectivity index (χ1) is 12.6. The summed E-state index contributed by atoms with van der Waals surface area (Å²) >= 11 is 6.40. The van der Waals surface area contributed by atoms with Crippen molar-refractivity contribution in [3.05, 3.63) is 39.2 Å². The zero-order valence-electron chi connectivity index (χ0n) is 13.8.